The van der Waals surface area contributed by atoms with Crippen LogP contribution in [0.2, 0.25) is 0 Å². The quantitative estimate of drug-likeness (QED) is 0.794. The molecule has 0 bridgehead atoms. The number of imidazole rings is 1. The lowest BCUT2D eigenvalue weighted by Gasteiger charge is -2.24. The fourth-order valence-corrected chi connectivity index (χ4v) is 3.34. The molecular formula is C19H21N5O. The summed E-state index contributed by atoms with van der Waals surface area (Å²) in [6.45, 7) is 2.80. The Bertz CT molecular complexity index is 880. The number of rotatable bonds is 4. The van der Waals surface area contributed by atoms with Gasteiger partial charge < -0.3 is 9.88 Å². The molecule has 1 unspecified atom stereocenters. The average Bonchev–Trinajstić information content (AvgIpc) is 3.21. The number of aromatic nitrogens is 4. The van der Waals surface area contributed by atoms with Crippen molar-refractivity contribution in [3.8, 4) is 5.69 Å². The lowest BCUT2D eigenvalue weighted by Crippen LogP contribution is -2.41. The molecule has 1 amide bonds. The summed E-state index contributed by atoms with van der Waals surface area (Å²) in [5.41, 5.74) is 2.94. The summed E-state index contributed by atoms with van der Waals surface area (Å²) in [5.74, 6) is 1.16. The first-order valence-corrected chi connectivity index (χ1v) is 8.58. The normalized spacial score (nSPS) is 16.4. The van der Waals surface area contributed by atoms with Gasteiger partial charge in [-0.25, -0.2) is 9.67 Å². The van der Waals surface area contributed by atoms with Crippen LogP contribution >= 0.6 is 0 Å². The van der Waals surface area contributed by atoms with E-state index in [0.29, 0.717) is 6.42 Å². The molecule has 25 heavy (non-hydrogen) atoms. The first-order valence-electron chi connectivity index (χ1n) is 8.58. The van der Waals surface area contributed by atoms with E-state index in [2.05, 4.69) is 26.2 Å². The molecule has 128 valence electrons. The van der Waals surface area contributed by atoms with Crippen molar-refractivity contribution in [3.63, 3.8) is 0 Å². The van der Waals surface area contributed by atoms with Gasteiger partial charge >= 0.3 is 0 Å². The van der Waals surface area contributed by atoms with Crippen LogP contribution in [-0.4, -0.2) is 31.3 Å². The van der Waals surface area contributed by atoms with Crippen molar-refractivity contribution < 1.29 is 4.79 Å². The fourth-order valence-electron chi connectivity index (χ4n) is 3.34. The van der Waals surface area contributed by atoms with E-state index in [1.54, 1.807) is 10.9 Å². The highest BCUT2D eigenvalue weighted by molar-refractivity contribution is 5.78. The highest BCUT2D eigenvalue weighted by Crippen LogP contribution is 2.15. The van der Waals surface area contributed by atoms with Crippen LogP contribution in [0.1, 0.15) is 23.5 Å². The molecule has 0 aliphatic carbocycles. The van der Waals surface area contributed by atoms with Crippen LogP contribution in [0.3, 0.4) is 0 Å². The number of carbonyl (C=O) groups is 1. The minimum absolute atomic E-state index is 0.0397. The van der Waals surface area contributed by atoms with Gasteiger partial charge in [-0.15, -0.1) is 0 Å². The predicted octanol–water partition coefficient (Wildman–Crippen LogP) is 2.05. The maximum atomic E-state index is 12.4. The lowest BCUT2D eigenvalue weighted by molar-refractivity contribution is -0.121. The minimum Gasteiger partial charge on any atom is -0.351 e. The molecule has 6 nitrogen and oxygen atoms in total. The second-order valence-corrected chi connectivity index (χ2v) is 6.56. The van der Waals surface area contributed by atoms with Crippen LogP contribution < -0.4 is 5.32 Å². The molecule has 3 aromatic rings. The van der Waals surface area contributed by atoms with Gasteiger partial charge in [-0.05, 0) is 31.0 Å². The van der Waals surface area contributed by atoms with Gasteiger partial charge in [-0.3, -0.25) is 4.79 Å². The second-order valence-electron chi connectivity index (χ2n) is 6.56. The van der Waals surface area contributed by atoms with Gasteiger partial charge in [-0.1, -0.05) is 18.2 Å². The summed E-state index contributed by atoms with van der Waals surface area (Å²) in [5, 5.41) is 7.49. The Morgan fingerprint density at radius 1 is 1.28 bits per heavy atom. The first-order chi connectivity index (χ1) is 12.2. The van der Waals surface area contributed by atoms with Crippen LogP contribution in [0, 0.1) is 6.92 Å². The van der Waals surface area contributed by atoms with E-state index in [0.717, 1.165) is 42.2 Å². The standard InChI is InChI=1S/C19H21N5O/c1-14-11-23-13-16(7-8-18(23)21-14)22-19(25)9-15-10-20-24(12-15)17-5-3-2-4-6-17/h2-6,10-12,16H,7-9,13H2,1H3,(H,22,25). The van der Waals surface area contributed by atoms with E-state index in [-0.39, 0.29) is 11.9 Å². The zero-order chi connectivity index (χ0) is 17.2. The molecule has 0 radical (unpaired) electrons. The number of nitrogens with one attached hydrogen (secondary N) is 1. The first kappa shape index (κ1) is 15.6. The molecule has 3 heterocycles. The van der Waals surface area contributed by atoms with Gasteiger partial charge in [0.15, 0.2) is 0 Å². The van der Waals surface area contributed by atoms with Crippen molar-refractivity contribution in [3.05, 3.63) is 66.0 Å². The molecule has 1 aliphatic rings. The molecule has 0 saturated heterocycles. The number of para-hydroxylation sites is 1. The number of hydrogen-bond acceptors (Lipinski definition) is 3. The van der Waals surface area contributed by atoms with Gasteiger partial charge in [0.25, 0.3) is 0 Å². The number of fused-ring (bicyclic) bond motifs is 1. The second kappa shape index (κ2) is 6.55. The molecule has 1 aliphatic heterocycles. The van der Waals surface area contributed by atoms with Gasteiger partial charge in [0.2, 0.25) is 5.91 Å². The average molecular weight is 335 g/mol. The maximum absolute atomic E-state index is 12.4. The van der Waals surface area contributed by atoms with E-state index in [4.69, 9.17) is 0 Å². The monoisotopic (exact) mass is 335 g/mol. The van der Waals surface area contributed by atoms with Crippen molar-refractivity contribution in [1.82, 2.24) is 24.6 Å². The molecule has 0 fully saturated rings. The number of hydrogen-bond donors (Lipinski definition) is 1. The lowest BCUT2D eigenvalue weighted by atomic mass is 10.1. The van der Waals surface area contributed by atoms with Crippen molar-refractivity contribution in [2.24, 2.45) is 0 Å². The molecule has 0 spiro atoms. The summed E-state index contributed by atoms with van der Waals surface area (Å²) < 4.78 is 3.95. The molecule has 1 N–H and O–H groups in total. The van der Waals surface area contributed by atoms with Gasteiger partial charge in [0.05, 0.1) is 24.0 Å². The Morgan fingerprint density at radius 3 is 2.96 bits per heavy atom. The van der Waals surface area contributed by atoms with Gasteiger partial charge in [0, 0.05) is 31.4 Å². The number of aryl methyl sites for hydroxylation is 2. The highest BCUT2D eigenvalue weighted by Gasteiger charge is 2.21. The van der Waals surface area contributed by atoms with E-state index < -0.39 is 0 Å². The number of carbonyl (C=O) groups excluding carboxylic acids is 1. The third kappa shape index (κ3) is 3.47. The highest BCUT2D eigenvalue weighted by atomic mass is 16.1. The van der Waals surface area contributed by atoms with E-state index in [1.165, 1.54) is 0 Å². The Kier molecular flexibility index (Phi) is 4.09. The zero-order valence-corrected chi connectivity index (χ0v) is 14.2. The largest absolute Gasteiger partial charge is 0.351 e. The number of benzene rings is 1. The van der Waals surface area contributed by atoms with E-state index in [9.17, 15) is 4.79 Å². The summed E-state index contributed by atoms with van der Waals surface area (Å²) in [7, 11) is 0. The topological polar surface area (TPSA) is 64.7 Å². The van der Waals surface area contributed by atoms with Crippen LogP contribution in [0.4, 0.5) is 0 Å². The van der Waals surface area contributed by atoms with Crippen LogP contribution in [0.15, 0.2) is 48.9 Å². The van der Waals surface area contributed by atoms with Crippen molar-refractivity contribution in [2.75, 3.05) is 0 Å². The predicted molar refractivity (Wildman–Crippen MR) is 94.5 cm³/mol. The Hall–Kier alpha value is -2.89. The maximum Gasteiger partial charge on any atom is 0.224 e. The van der Waals surface area contributed by atoms with E-state index in [1.807, 2.05) is 43.5 Å². The fraction of sp³-hybridized carbons (Fsp3) is 0.316. The molecular weight excluding hydrogens is 314 g/mol. The molecule has 2 aromatic heterocycles. The smallest absolute Gasteiger partial charge is 0.224 e. The summed E-state index contributed by atoms with van der Waals surface area (Å²) in [6.07, 6.45) is 7.91. The van der Waals surface area contributed by atoms with E-state index >= 15 is 0 Å². The van der Waals surface area contributed by atoms with Gasteiger partial charge in [-0.2, -0.15) is 5.10 Å². The molecule has 4 rings (SSSR count). The Balaban J connectivity index is 1.36. The Labute approximate surface area is 146 Å². The van der Waals surface area contributed by atoms with Crippen LogP contribution in [0.25, 0.3) is 5.69 Å². The third-order valence-electron chi connectivity index (χ3n) is 4.50. The van der Waals surface area contributed by atoms with Gasteiger partial charge in [0.1, 0.15) is 5.82 Å². The van der Waals surface area contributed by atoms with Crippen LogP contribution in [0.5, 0.6) is 0 Å². The summed E-state index contributed by atoms with van der Waals surface area (Å²) in [4.78, 5) is 16.9. The van der Waals surface area contributed by atoms with Crippen molar-refractivity contribution in [2.45, 2.75) is 38.8 Å². The third-order valence-corrected chi connectivity index (χ3v) is 4.50. The molecule has 1 atom stereocenters. The number of nitrogens with zero attached hydrogens (tertiary/aromatic N) is 4. The molecule has 0 saturated carbocycles. The van der Waals surface area contributed by atoms with Crippen molar-refractivity contribution in [1.29, 1.82) is 0 Å². The summed E-state index contributed by atoms with van der Waals surface area (Å²) in [6, 6.07) is 10.1. The summed E-state index contributed by atoms with van der Waals surface area (Å²) >= 11 is 0. The van der Waals surface area contributed by atoms with Crippen molar-refractivity contribution >= 4 is 5.91 Å². The molecule has 6 heteroatoms. The van der Waals surface area contributed by atoms with Crippen LogP contribution in [-0.2, 0) is 24.2 Å². The number of amides is 1. The SMILES string of the molecule is Cc1cn2c(n1)CCC(NC(=O)Cc1cnn(-c3ccccc3)c1)C2. The zero-order valence-electron chi connectivity index (χ0n) is 14.2. The minimum atomic E-state index is 0.0397. The Morgan fingerprint density at radius 2 is 2.12 bits per heavy atom. The molecule has 1 aromatic carbocycles.